The molecule has 2 nitrogen and oxygen atoms in total. The highest BCUT2D eigenvalue weighted by atomic mass is 14.7. The summed E-state index contributed by atoms with van der Waals surface area (Å²) in [6, 6.07) is 65.5. The number of hydrogen-bond donors (Lipinski definition) is 0. The van der Waals surface area contributed by atoms with Crippen LogP contribution in [-0.4, -0.2) is 9.97 Å². The molecular formula is C50H36N2. The average molecular weight is 665 g/mol. The molecule has 7 aromatic carbocycles. The fourth-order valence-corrected chi connectivity index (χ4v) is 7.50. The summed E-state index contributed by atoms with van der Waals surface area (Å²) in [7, 11) is 0. The largest absolute Gasteiger partial charge is 0.258 e. The average Bonchev–Trinajstić information content (AvgIpc) is 3.20. The lowest BCUT2D eigenvalue weighted by Gasteiger charge is -2.16. The van der Waals surface area contributed by atoms with Gasteiger partial charge in [0.15, 0.2) is 0 Å². The molecule has 9 aromatic rings. The third-order valence-corrected chi connectivity index (χ3v) is 9.92. The van der Waals surface area contributed by atoms with Gasteiger partial charge in [-0.3, -0.25) is 4.98 Å². The van der Waals surface area contributed by atoms with Crippen molar-refractivity contribution in [2.24, 2.45) is 0 Å². The smallest absolute Gasteiger partial charge is 0.0716 e. The van der Waals surface area contributed by atoms with E-state index in [0.29, 0.717) is 0 Å². The van der Waals surface area contributed by atoms with Crippen molar-refractivity contribution in [1.29, 1.82) is 0 Å². The maximum absolute atomic E-state index is 5.38. The molecule has 0 bridgehead atoms. The van der Waals surface area contributed by atoms with Crippen LogP contribution in [0.5, 0.6) is 0 Å². The lowest BCUT2D eigenvalue weighted by atomic mass is 9.89. The van der Waals surface area contributed by atoms with Crippen LogP contribution in [-0.2, 0) is 0 Å². The first kappa shape index (κ1) is 31.3. The monoisotopic (exact) mass is 664 g/mol. The maximum Gasteiger partial charge on any atom is 0.0716 e. The first-order valence-corrected chi connectivity index (χ1v) is 17.8. The summed E-state index contributed by atoms with van der Waals surface area (Å²) in [6.07, 6.45) is 0. The van der Waals surface area contributed by atoms with Crippen molar-refractivity contribution in [2.45, 2.75) is 13.8 Å². The van der Waals surface area contributed by atoms with Gasteiger partial charge in [-0.25, -0.2) is 4.98 Å². The van der Waals surface area contributed by atoms with Gasteiger partial charge in [-0.05, 0) is 134 Å². The molecule has 0 saturated carbocycles. The number of benzene rings is 7. The summed E-state index contributed by atoms with van der Waals surface area (Å²) in [6.45, 7) is 4.14. The molecule has 0 unspecified atom stereocenters. The second kappa shape index (κ2) is 13.2. The number of aryl methyl sites for hydroxylation is 2. The number of rotatable bonds is 6. The van der Waals surface area contributed by atoms with Crippen molar-refractivity contribution >= 4 is 21.5 Å². The van der Waals surface area contributed by atoms with Crippen molar-refractivity contribution in [3.8, 4) is 67.0 Å². The van der Waals surface area contributed by atoms with E-state index in [1.165, 1.54) is 38.2 Å². The van der Waals surface area contributed by atoms with Crippen molar-refractivity contribution in [2.75, 3.05) is 0 Å². The van der Waals surface area contributed by atoms with E-state index in [0.717, 1.165) is 61.7 Å². The molecule has 0 aliphatic heterocycles. The highest BCUT2D eigenvalue weighted by molar-refractivity contribution is 6.14. The van der Waals surface area contributed by atoms with Gasteiger partial charge in [0.1, 0.15) is 0 Å². The lowest BCUT2D eigenvalue weighted by molar-refractivity contribution is 1.12. The summed E-state index contributed by atoms with van der Waals surface area (Å²) in [5.74, 6) is 0. The number of fused-ring (bicyclic) bond motifs is 3. The molecule has 0 amide bonds. The number of pyridine rings is 2. The molecule has 2 heteroatoms. The zero-order valence-corrected chi connectivity index (χ0v) is 29.2. The van der Waals surface area contributed by atoms with Crippen LogP contribution in [0.3, 0.4) is 0 Å². The van der Waals surface area contributed by atoms with Gasteiger partial charge in [0.25, 0.3) is 0 Å². The van der Waals surface area contributed by atoms with Crippen molar-refractivity contribution < 1.29 is 0 Å². The van der Waals surface area contributed by atoms with E-state index in [4.69, 9.17) is 9.97 Å². The fourth-order valence-electron chi connectivity index (χ4n) is 7.50. The molecule has 0 aliphatic rings. The van der Waals surface area contributed by atoms with E-state index in [1.807, 2.05) is 0 Å². The van der Waals surface area contributed by atoms with Gasteiger partial charge in [0.2, 0.25) is 0 Å². The Morgan fingerprint density at radius 3 is 1.50 bits per heavy atom. The molecule has 0 saturated heterocycles. The van der Waals surface area contributed by atoms with Crippen LogP contribution >= 0.6 is 0 Å². The summed E-state index contributed by atoms with van der Waals surface area (Å²) in [5.41, 5.74) is 15.3. The molecule has 246 valence electrons. The molecule has 52 heavy (non-hydrogen) atoms. The van der Waals surface area contributed by atoms with E-state index in [1.54, 1.807) is 0 Å². The van der Waals surface area contributed by atoms with Crippen LogP contribution in [0, 0.1) is 13.8 Å². The van der Waals surface area contributed by atoms with E-state index in [9.17, 15) is 0 Å². The normalized spacial score (nSPS) is 11.3. The molecule has 0 radical (unpaired) electrons. The van der Waals surface area contributed by atoms with Crippen molar-refractivity contribution in [3.05, 3.63) is 193 Å². The molecule has 9 rings (SSSR count). The molecule has 0 fully saturated rings. The van der Waals surface area contributed by atoms with Gasteiger partial charge >= 0.3 is 0 Å². The van der Waals surface area contributed by atoms with E-state index in [2.05, 4.69) is 196 Å². The predicted octanol–water partition coefficient (Wildman–Crippen LogP) is 13.4. The molecule has 2 aromatic heterocycles. The number of nitrogens with zero attached hydrogens (tertiary/aromatic N) is 2. The Labute approximate surface area is 304 Å². The Hall–Kier alpha value is -6.64. The molecule has 2 heterocycles. The predicted molar refractivity (Wildman–Crippen MR) is 219 cm³/mol. The third-order valence-electron chi connectivity index (χ3n) is 9.92. The minimum atomic E-state index is 0.928. The maximum atomic E-state index is 5.38. The van der Waals surface area contributed by atoms with Gasteiger partial charge in [-0.1, -0.05) is 127 Å². The topological polar surface area (TPSA) is 25.8 Å². The summed E-state index contributed by atoms with van der Waals surface area (Å²) < 4.78 is 0. The van der Waals surface area contributed by atoms with Gasteiger partial charge < -0.3 is 0 Å². The molecule has 0 N–H and O–H groups in total. The van der Waals surface area contributed by atoms with Gasteiger partial charge in [-0.15, -0.1) is 0 Å². The Morgan fingerprint density at radius 1 is 0.288 bits per heavy atom. The molecule has 0 spiro atoms. The Morgan fingerprint density at radius 2 is 0.769 bits per heavy atom. The van der Waals surface area contributed by atoms with Crippen LogP contribution in [0.1, 0.15) is 11.4 Å². The summed E-state index contributed by atoms with van der Waals surface area (Å²) in [4.78, 5) is 10.1. The van der Waals surface area contributed by atoms with Crippen LogP contribution in [0.2, 0.25) is 0 Å². The quantitative estimate of drug-likeness (QED) is 0.165. The molecule has 0 aliphatic carbocycles. The third kappa shape index (κ3) is 6.05. The second-order valence-corrected chi connectivity index (χ2v) is 13.6. The van der Waals surface area contributed by atoms with Crippen LogP contribution in [0.15, 0.2) is 182 Å². The van der Waals surface area contributed by atoms with Crippen molar-refractivity contribution in [1.82, 2.24) is 9.97 Å². The van der Waals surface area contributed by atoms with E-state index in [-0.39, 0.29) is 0 Å². The minimum Gasteiger partial charge on any atom is -0.258 e. The minimum absolute atomic E-state index is 0.928. The Bertz CT molecular complexity index is 2730. The Balaban J connectivity index is 1.30. The van der Waals surface area contributed by atoms with E-state index < -0.39 is 0 Å². The van der Waals surface area contributed by atoms with Gasteiger partial charge in [0.05, 0.1) is 11.4 Å². The molecular weight excluding hydrogens is 629 g/mol. The van der Waals surface area contributed by atoms with Crippen LogP contribution in [0.25, 0.3) is 88.6 Å². The second-order valence-electron chi connectivity index (χ2n) is 13.6. The van der Waals surface area contributed by atoms with Crippen LogP contribution < -0.4 is 0 Å². The fraction of sp³-hybridized carbons (Fsp3) is 0.0400. The Kier molecular flexibility index (Phi) is 7.98. The van der Waals surface area contributed by atoms with Gasteiger partial charge in [-0.2, -0.15) is 0 Å². The zero-order chi connectivity index (χ0) is 35.0. The number of hydrogen-bond acceptors (Lipinski definition) is 2. The first-order chi connectivity index (χ1) is 25.6. The van der Waals surface area contributed by atoms with Crippen LogP contribution in [0.4, 0.5) is 0 Å². The summed E-state index contributed by atoms with van der Waals surface area (Å²) >= 11 is 0. The summed E-state index contributed by atoms with van der Waals surface area (Å²) in [5, 5.41) is 4.97. The highest BCUT2D eigenvalue weighted by Crippen LogP contribution is 2.40. The SMILES string of the molecule is Cc1cc(-c2cc(-c3cc(-c4cccc(-c5ccccc5)c4)cc(-c4ccccc4)n3)cc(-c3cc4ccccc4c4ccccc34)c2)cc(C)n1. The van der Waals surface area contributed by atoms with E-state index >= 15 is 0 Å². The lowest BCUT2D eigenvalue weighted by Crippen LogP contribution is -1.94. The van der Waals surface area contributed by atoms with Crippen molar-refractivity contribution in [3.63, 3.8) is 0 Å². The first-order valence-electron chi connectivity index (χ1n) is 17.8. The standard InChI is InChI=1S/C50H36N2/c1-33-24-40(25-34(2)51-33)41-27-43(48-30-39-18-9-10-21-45(39)46-22-11-12-23-47(46)48)29-44(28-41)50-32-42(31-49(52-50)36-16-7-4-8-17-36)38-20-13-19-37(26-38)35-14-5-3-6-15-35/h3-32H,1-2H3. The highest BCUT2D eigenvalue weighted by Gasteiger charge is 2.16. The molecule has 0 atom stereocenters. The number of aromatic nitrogens is 2. The zero-order valence-electron chi connectivity index (χ0n) is 29.2. The van der Waals surface area contributed by atoms with Gasteiger partial charge in [0, 0.05) is 22.5 Å².